The van der Waals surface area contributed by atoms with Crippen molar-refractivity contribution in [2.24, 2.45) is 0 Å². The molecule has 0 atom stereocenters. The second-order valence-electron chi connectivity index (χ2n) is 4.49. The van der Waals surface area contributed by atoms with Crippen molar-refractivity contribution in [2.45, 2.75) is 0 Å². The van der Waals surface area contributed by atoms with E-state index >= 15 is 0 Å². The lowest BCUT2D eigenvalue weighted by Gasteiger charge is -2.03. The van der Waals surface area contributed by atoms with E-state index in [9.17, 15) is 5.11 Å². The van der Waals surface area contributed by atoms with Gasteiger partial charge in [-0.15, -0.1) is 0 Å². The SMILES string of the molecule is CNc1oc(-c2cccnc2)c(O)c1-c1cccc(I)c1. The third-order valence-corrected chi connectivity index (χ3v) is 3.82. The molecule has 2 heterocycles. The van der Waals surface area contributed by atoms with Crippen molar-refractivity contribution in [1.29, 1.82) is 0 Å². The van der Waals surface area contributed by atoms with Gasteiger partial charge in [0.15, 0.2) is 11.5 Å². The van der Waals surface area contributed by atoms with Gasteiger partial charge < -0.3 is 14.8 Å². The molecule has 0 bridgehead atoms. The highest BCUT2D eigenvalue weighted by molar-refractivity contribution is 14.1. The number of halogens is 1. The molecule has 5 heteroatoms. The van der Waals surface area contributed by atoms with E-state index < -0.39 is 0 Å². The van der Waals surface area contributed by atoms with Crippen molar-refractivity contribution in [1.82, 2.24) is 4.98 Å². The van der Waals surface area contributed by atoms with Crippen LogP contribution in [0.1, 0.15) is 0 Å². The van der Waals surface area contributed by atoms with Crippen LogP contribution in [0.5, 0.6) is 5.75 Å². The number of pyridine rings is 1. The molecular formula is C16H13IN2O2. The van der Waals surface area contributed by atoms with Crippen molar-refractivity contribution in [3.63, 3.8) is 0 Å². The van der Waals surface area contributed by atoms with Gasteiger partial charge in [-0.05, 0) is 52.4 Å². The molecule has 0 saturated heterocycles. The Kier molecular flexibility index (Phi) is 3.83. The molecule has 2 N–H and O–H groups in total. The molecule has 0 unspecified atom stereocenters. The fourth-order valence-electron chi connectivity index (χ4n) is 2.20. The van der Waals surface area contributed by atoms with Crippen molar-refractivity contribution < 1.29 is 9.52 Å². The third kappa shape index (κ3) is 2.61. The third-order valence-electron chi connectivity index (χ3n) is 3.15. The van der Waals surface area contributed by atoms with E-state index in [-0.39, 0.29) is 5.75 Å². The highest BCUT2D eigenvalue weighted by atomic mass is 127. The van der Waals surface area contributed by atoms with Crippen LogP contribution in [0, 0.1) is 3.57 Å². The maximum Gasteiger partial charge on any atom is 0.205 e. The smallest absolute Gasteiger partial charge is 0.205 e. The second-order valence-corrected chi connectivity index (χ2v) is 5.73. The quantitative estimate of drug-likeness (QED) is 0.651. The Morgan fingerprint density at radius 2 is 2.00 bits per heavy atom. The number of nitrogens with one attached hydrogen (secondary N) is 1. The minimum absolute atomic E-state index is 0.120. The Morgan fingerprint density at radius 3 is 2.67 bits per heavy atom. The van der Waals surface area contributed by atoms with Gasteiger partial charge in [0.2, 0.25) is 5.88 Å². The van der Waals surface area contributed by atoms with Crippen LogP contribution in [0.4, 0.5) is 5.88 Å². The van der Waals surface area contributed by atoms with Crippen LogP contribution < -0.4 is 5.32 Å². The minimum atomic E-state index is 0.120. The lowest BCUT2D eigenvalue weighted by atomic mass is 10.1. The molecule has 0 aliphatic carbocycles. The maximum atomic E-state index is 10.6. The first-order valence-electron chi connectivity index (χ1n) is 6.40. The Labute approximate surface area is 136 Å². The van der Waals surface area contributed by atoms with Crippen LogP contribution in [0.25, 0.3) is 22.5 Å². The molecule has 2 aromatic heterocycles. The van der Waals surface area contributed by atoms with Crippen molar-refractivity contribution in [2.75, 3.05) is 12.4 Å². The van der Waals surface area contributed by atoms with Crippen LogP contribution in [0.3, 0.4) is 0 Å². The molecule has 106 valence electrons. The van der Waals surface area contributed by atoms with E-state index in [4.69, 9.17) is 4.42 Å². The number of furan rings is 1. The summed E-state index contributed by atoms with van der Waals surface area (Å²) in [5.74, 6) is 1.07. The number of hydrogen-bond donors (Lipinski definition) is 2. The van der Waals surface area contributed by atoms with Gasteiger partial charge in [-0.3, -0.25) is 4.98 Å². The molecule has 4 nitrogen and oxygen atoms in total. The summed E-state index contributed by atoms with van der Waals surface area (Å²) in [5, 5.41) is 13.6. The van der Waals surface area contributed by atoms with Crippen LogP contribution in [0.15, 0.2) is 53.2 Å². The number of benzene rings is 1. The van der Waals surface area contributed by atoms with Crippen molar-refractivity contribution >= 4 is 28.5 Å². The molecule has 1 aromatic carbocycles. The Balaban J connectivity index is 2.20. The van der Waals surface area contributed by atoms with E-state index in [1.165, 1.54) is 0 Å². The van der Waals surface area contributed by atoms with Crippen LogP contribution in [-0.4, -0.2) is 17.1 Å². The standard InChI is InChI=1S/C16H13IN2O2/c1-18-16-13(10-4-2-6-12(17)8-10)14(20)15(21-16)11-5-3-7-19-9-11/h2-9,18,20H,1H3. The van der Waals surface area contributed by atoms with E-state index in [1.54, 1.807) is 19.4 Å². The van der Waals surface area contributed by atoms with Crippen LogP contribution in [-0.2, 0) is 0 Å². The molecule has 0 aliphatic heterocycles. The molecule has 3 rings (SSSR count). The normalized spacial score (nSPS) is 10.6. The molecule has 0 fully saturated rings. The molecule has 3 aromatic rings. The summed E-state index contributed by atoms with van der Waals surface area (Å²) >= 11 is 2.24. The summed E-state index contributed by atoms with van der Waals surface area (Å²) in [7, 11) is 1.77. The average Bonchev–Trinajstić information content (AvgIpc) is 2.85. The Bertz CT molecular complexity index is 769. The molecular weight excluding hydrogens is 379 g/mol. The second kappa shape index (κ2) is 5.77. The van der Waals surface area contributed by atoms with Crippen LogP contribution in [0.2, 0.25) is 0 Å². The summed E-state index contributed by atoms with van der Waals surface area (Å²) in [6.45, 7) is 0. The molecule has 0 amide bonds. The average molecular weight is 392 g/mol. The maximum absolute atomic E-state index is 10.6. The number of rotatable bonds is 3. The van der Waals surface area contributed by atoms with Gasteiger partial charge in [0.25, 0.3) is 0 Å². The molecule has 0 radical (unpaired) electrons. The number of aromatic hydroxyl groups is 1. The van der Waals surface area contributed by atoms with E-state index in [2.05, 4.69) is 32.9 Å². The number of anilines is 1. The summed E-state index contributed by atoms with van der Waals surface area (Å²) in [5.41, 5.74) is 2.31. The fourth-order valence-corrected chi connectivity index (χ4v) is 2.75. The minimum Gasteiger partial charge on any atom is -0.504 e. The van der Waals surface area contributed by atoms with Gasteiger partial charge in [0.05, 0.1) is 5.56 Å². The topological polar surface area (TPSA) is 58.3 Å². The first kappa shape index (κ1) is 13.9. The lowest BCUT2D eigenvalue weighted by Crippen LogP contribution is -1.88. The predicted octanol–water partition coefficient (Wildman–Crippen LogP) is 4.36. The molecule has 0 aliphatic rings. The number of nitrogens with zero attached hydrogens (tertiary/aromatic N) is 1. The van der Waals surface area contributed by atoms with E-state index in [1.807, 2.05) is 36.4 Å². The number of hydrogen-bond acceptors (Lipinski definition) is 4. The van der Waals surface area contributed by atoms with E-state index in [0.717, 1.165) is 14.7 Å². The Hall–Kier alpha value is -2.02. The molecule has 0 saturated carbocycles. The first-order chi connectivity index (χ1) is 10.2. The zero-order valence-electron chi connectivity index (χ0n) is 11.3. The predicted molar refractivity (Wildman–Crippen MR) is 91.3 cm³/mol. The van der Waals surface area contributed by atoms with Gasteiger partial charge in [-0.25, -0.2) is 0 Å². The van der Waals surface area contributed by atoms with Gasteiger partial charge in [-0.2, -0.15) is 0 Å². The highest BCUT2D eigenvalue weighted by Crippen LogP contribution is 2.45. The first-order valence-corrected chi connectivity index (χ1v) is 7.48. The van der Waals surface area contributed by atoms with E-state index in [0.29, 0.717) is 17.2 Å². The van der Waals surface area contributed by atoms with Crippen molar-refractivity contribution in [3.05, 3.63) is 52.4 Å². The van der Waals surface area contributed by atoms with Crippen molar-refractivity contribution in [3.8, 4) is 28.2 Å². The highest BCUT2D eigenvalue weighted by Gasteiger charge is 2.22. The Morgan fingerprint density at radius 1 is 1.19 bits per heavy atom. The van der Waals surface area contributed by atoms with Gasteiger partial charge >= 0.3 is 0 Å². The summed E-state index contributed by atoms with van der Waals surface area (Å²) < 4.78 is 6.86. The zero-order valence-corrected chi connectivity index (χ0v) is 13.5. The zero-order chi connectivity index (χ0) is 14.8. The fraction of sp³-hybridized carbons (Fsp3) is 0.0625. The summed E-state index contributed by atoms with van der Waals surface area (Å²) in [6.07, 6.45) is 3.35. The monoisotopic (exact) mass is 392 g/mol. The molecule has 0 spiro atoms. The van der Waals surface area contributed by atoms with Gasteiger partial charge in [-0.1, -0.05) is 12.1 Å². The molecule has 21 heavy (non-hydrogen) atoms. The summed E-state index contributed by atoms with van der Waals surface area (Å²) in [4.78, 5) is 4.06. The lowest BCUT2D eigenvalue weighted by molar-refractivity contribution is 0.466. The van der Waals surface area contributed by atoms with Gasteiger partial charge in [0, 0.05) is 28.6 Å². The van der Waals surface area contributed by atoms with Crippen LogP contribution >= 0.6 is 22.6 Å². The summed E-state index contributed by atoms with van der Waals surface area (Å²) in [6, 6.07) is 11.6. The van der Waals surface area contributed by atoms with Gasteiger partial charge in [0.1, 0.15) is 0 Å². The largest absolute Gasteiger partial charge is 0.504 e. The number of aromatic nitrogens is 1.